The van der Waals surface area contributed by atoms with Crippen molar-refractivity contribution in [2.24, 2.45) is 0 Å². The molecule has 0 unspecified atom stereocenters. The third-order valence-electron chi connectivity index (χ3n) is 3.05. The number of benzene rings is 1. The Kier molecular flexibility index (Phi) is 4.40. The second kappa shape index (κ2) is 6.23. The average molecular weight is 272 g/mol. The second-order valence-corrected chi connectivity index (χ2v) is 4.60. The first-order valence-electron chi connectivity index (χ1n) is 6.87. The van der Waals surface area contributed by atoms with Crippen LogP contribution in [0.3, 0.4) is 0 Å². The maximum absolute atomic E-state index is 12.2. The van der Waals surface area contributed by atoms with Crippen LogP contribution < -0.4 is 11.1 Å². The van der Waals surface area contributed by atoms with Gasteiger partial charge in [-0.3, -0.25) is 4.79 Å². The summed E-state index contributed by atoms with van der Waals surface area (Å²) in [6.45, 7) is 4.59. The lowest BCUT2D eigenvalue weighted by Crippen LogP contribution is -2.24. The normalized spacial score (nSPS) is 10.5. The highest BCUT2D eigenvalue weighted by Gasteiger charge is 2.14. The zero-order chi connectivity index (χ0) is 14.5. The van der Waals surface area contributed by atoms with Crippen LogP contribution in [0.2, 0.25) is 0 Å². The molecular weight excluding hydrogens is 252 g/mol. The summed E-state index contributed by atoms with van der Waals surface area (Å²) in [5.41, 5.74) is 7.88. The smallest absolute Gasteiger partial charge is 0.253 e. The van der Waals surface area contributed by atoms with Gasteiger partial charge in [-0.25, -0.2) is 4.98 Å². The number of nitrogens with one attached hydrogen (secondary N) is 1. The minimum atomic E-state index is -0.0985. The van der Waals surface area contributed by atoms with E-state index >= 15 is 0 Å². The lowest BCUT2D eigenvalue weighted by molar-refractivity contribution is 0.0956. The van der Waals surface area contributed by atoms with Gasteiger partial charge in [-0.15, -0.1) is 0 Å². The van der Waals surface area contributed by atoms with E-state index in [1.165, 1.54) is 0 Å². The Balaban J connectivity index is 2.51. The third kappa shape index (κ3) is 2.82. The van der Waals surface area contributed by atoms with Crippen LogP contribution in [0.5, 0.6) is 0 Å². The van der Waals surface area contributed by atoms with Gasteiger partial charge in [0.25, 0.3) is 5.91 Å². The Bertz CT molecular complexity index is 604. The molecule has 0 spiro atoms. The average Bonchev–Trinajstić information content (AvgIpc) is 2.87. The van der Waals surface area contributed by atoms with Crippen molar-refractivity contribution in [2.45, 2.75) is 26.7 Å². The van der Waals surface area contributed by atoms with Gasteiger partial charge in [0.1, 0.15) is 5.82 Å². The number of rotatable bonds is 5. The zero-order valence-corrected chi connectivity index (χ0v) is 11.9. The Morgan fingerprint density at radius 2 is 2.20 bits per heavy atom. The zero-order valence-electron chi connectivity index (χ0n) is 11.9. The first kappa shape index (κ1) is 14.1. The molecule has 0 saturated carbocycles. The Morgan fingerprint density at radius 1 is 1.40 bits per heavy atom. The van der Waals surface area contributed by atoms with Crippen LogP contribution in [-0.4, -0.2) is 22.0 Å². The van der Waals surface area contributed by atoms with Crippen molar-refractivity contribution < 1.29 is 4.79 Å². The number of anilines is 1. The molecule has 0 saturated heterocycles. The van der Waals surface area contributed by atoms with Crippen LogP contribution in [0.25, 0.3) is 5.69 Å². The highest BCUT2D eigenvalue weighted by atomic mass is 16.1. The molecule has 1 aromatic heterocycles. The largest absolute Gasteiger partial charge is 0.399 e. The van der Waals surface area contributed by atoms with E-state index in [0.29, 0.717) is 17.8 Å². The summed E-state index contributed by atoms with van der Waals surface area (Å²) in [6, 6.07) is 5.31. The molecule has 5 heteroatoms. The van der Waals surface area contributed by atoms with E-state index in [9.17, 15) is 4.79 Å². The summed E-state index contributed by atoms with van der Waals surface area (Å²) in [6.07, 6.45) is 5.46. The quantitative estimate of drug-likeness (QED) is 0.819. The van der Waals surface area contributed by atoms with Crippen LogP contribution in [0.15, 0.2) is 30.6 Å². The lowest BCUT2D eigenvalue weighted by atomic mass is 10.1. The standard InChI is InChI=1S/C15H20N4O/c1-3-5-14-18-8-9-19(14)13-10-11(16)6-7-12(13)15(20)17-4-2/h6-10H,3-5,16H2,1-2H3,(H,17,20). The highest BCUT2D eigenvalue weighted by Crippen LogP contribution is 2.20. The Labute approximate surface area is 118 Å². The maximum atomic E-state index is 12.2. The van der Waals surface area contributed by atoms with Crippen molar-refractivity contribution in [3.63, 3.8) is 0 Å². The lowest BCUT2D eigenvalue weighted by Gasteiger charge is -2.13. The van der Waals surface area contributed by atoms with E-state index in [4.69, 9.17) is 5.73 Å². The molecule has 1 heterocycles. The fraction of sp³-hybridized carbons (Fsp3) is 0.333. The number of carbonyl (C=O) groups is 1. The minimum Gasteiger partial charge on any atom is -0.399 e. The number of nitrogens with zero attached hydrogens (tertiary/aromatic N) is 2. The molecule has 1 amide bonds. The van der Waals surface area contributed by atoms with Crippen LogP contribution in [-0.2, 0) is 6.42 Å². The second-order valence-electron chi connectivity index (χ2n) is 4.60. The van der Waals surface area contributed by atoms with Crippen molar-refractivity contribution >= 4 is 11.6 Å². The van der Waals surface area contributed by atoms with E-state index < -0.39 is 0 Å². The summed E-state index contributed by atoms with van der Waals surface area (Å²) < 4.78 is 1.93. The monoisotopic (exact) mass is 272 g/mol. The van der Waals surface area contributed by atoms with Gasteiger partial charge in [-0.2, -0.15) is 0 Å². The molecule has 0 atom stereocenters. The van der Waals surface area contributed by atoms with E-state index in [1.807, 2.05) is 23.8 Å². The molecule has 0 fully saturated rings. The summed E-state index contributed by atoms with van der Waals surface area (Å²) in [4.78, 5) is 16.5. The molecule has 0 aliphatic rings. The number of carbonyl (C=O) groups excluding carboxylic acids is 1. The predicted molar refractivity (Wildman–Crippen MR) is 80.0 cm³/mol. The van der Waals surface area contributed by atoms with Gasteiger partial charge in [0.15, 0.2) is 0 Å². The number of amides is 1. The molecular formula is C15H20N4O. The number of aryl methyl sites for hydroxylation is 1. The number of nitrogens with two attached hydrogens (primary N) is 1. The van der Waals surface area contributed by atoms with Crippen LogP contribution in [0.4, 0.5) is 5.69 Å². The van der Waals surface area contributed by atoms with Crippen LogP contribution in [0, 0.1) is 0 Å². The molecule has 2 aromatic rings. The number of nitrogen functional groups attached to an aromatic ring is 1. The number of hydrogen-bond donors (Lipinski definition) is 2. The molecule has 0 radical (unpaired) electrons. The van der Waals surface area contributed by atoms with Gasteiger partial charge >= 0.3 is 0 Å². The summed E-state index contributed by atoms with van der Waals surface area (Å²) >= 11 is 0. The maximum Gasteiger partial charge on any atom is 0.253 e. The molecule has 2 rings (SSSR count). The fourth-order valence-electron chi connectivity index (χ4n) is 2.16. The van der Waals surface area contributed by atoms with E-state index in [1.54, 1.807) is 18.3 Å². The summed E-state index contributed by atoms with van der Waals surface area (Å²) in [7, 11) is 0. The van der Waals surface area contributed by atoms with Crippen molar-refractivity contribution in [1.82, 2.24) is 14.9 Å². The molecule has 20 heavy (non-hydrogen) atoms. The summed E-state index contributed by atoms with van der Waals surface area (Å²) in [5, 5.41) is 2.82. The molecule has 0 aliphatic heterocycles. The van der Waals surface area contributed by atoms with Gasteiger partial charge in [0, 0.05) is 31.0 Å². The van der Waals surface area contributed by atoms with Crippen molar-refractivity contribution in [2.75, 3.05) is 12.3 Å². The van der Waals surface area contributed by atoms with Gasteiger partial charge in [0.2, 0.25) is 0 Å². The van der Waals surface area contributed by atoms with E-state index in [-0.39, 0.29) is 5.91 Å². The molecule has 3 N–H and O–H groups in total. The molecule has 5 nitrogen and oxygen atoms in total. The van der Waals surface area contributed by atoms with Crippen molar-refractivity contribution in [3.05, 3.63) is 42.0 Å². The topological polar surface area (TPSA) is 72.9 Å². The van der Waals surface area contributed by atoms with Crippen LogP contribution >= 0.6 is 0 Å². The first-order valence-corrected chi connectivity index (χ1v) is 6.87. The van der Waals surface area contributed by atoms with Crippen molar-refractivity contribution in [1.29, 1.82) is 0 Å². The molecule has 1 aromatic carbocycles. The Morgan fingerprint density at radius 3 is 2.90 bits per heavy atom. The molecule has 0 aliphatic carbocycles. The van der Waals surface area contributed by atoms with Crippen LogP contribution in [0.1, 0.15) is 36.5 Å². The number of aromatic nitrogens is 2. The minimum absolute atomic E-state index is 0.0985. The SMILES string of the molecule is CCCc1nccn1-c1cc(N)ccc1C(=O)NCC. The highest BCUT2D eigenvalue weighted by molar-refractivity contribution is 5.98. The van der Waals surface area contributed by atoms with Gasteiger partial charge < -0.3 is 15.6 Å². The first-order chi connectivity index (χ1) is 9.67. The Hall–Kier alpha value is -2.30. The van der Waals surface area contributed by atoms with E-state index in [2.05, 4.69) is 17.2 Å². The number of hydrogen-bond acceptors (Lipinski definition) is 3. The van der Waals surface area contributed by atoms with Gasteiger partial charge in [-0.1, -0.05) is 6.92 Å². The third-order valence-corrected chi connectivity index (χ3v) is 3.05. The van der Waals surface area contributed by atoms with Gasteiger partial charge in [-0.05, 0) is 31.5 Å². The molecule has 0 bridgehead atoms. The van der Waals surface area contributed by atoms with Crippen molar-refractivity contribution in [3.8, 4) is 5.69 Å². The van der Waals surface area contributed by atoms with E-state index in [0.717, 1.165) is 24.4 Å². The fourth-order valence-corrected chi connectivity index (χ4v) is 2.16. The molecule has 106 valence electrons. The van der Waals surface area contributed by atoms with Gasteiger partial charge in [0.05, 0.1) is 11.3 Å². The number of imidazole rings is 1. The predicted octanol–water partition coefficient (Wildman–Crippen LogP) is 2.16. The summed E-state index contributed by atoms with van der Waals surface area (Å²) in [5.74, 6) is 0.835.